The third-order valence-corrected chi connectivity index (χ3v) is 2.02. The Morgan fingerprint density at radius 3 is 1.60 bits per heavy atom. The Kier molecular flexibility index (Phi) is 3.84. The molecule has 0 unspecified atom stereocenters. The first-order valence-electron chi connectivity index (χ1n) is 3.93. The Morgan fingerprint density at radius 2 is 1.60 bits per heavy atom. The van der Waals surface area contributed by atoms with Gasteiger partial charge in [-0.2, -0.15) is 0 Å². The van der Waals surface area contributed by atoms with Crippen LogP contribution in [-0.4, -0.2) is 6.43 Å². The van der Waals surface area contributed by atoms with Crippen molar-refractivity contribution < 1.29 is 8.78 Å². The zero-order valence-electron chi connectivity index (χ0n) is 6.95. The van der Waals surface area contributed by atoms with E-state index in [2.05, 4.69) is 0 Å². The highest BCUT2D eigenvalue weighted by Gasteiger charge is 2.40. The molecule has 62 valence electrons. The molecule has 1 rings (SSSR count). The van der Waals surface area contributed by atoms with Gasteiger partial charge in [-0.05, 0) is 12.8 Å². The summed E-state index contributed by atoms with van der Waals surface area (Å²) in [6, 6.07) is 0. The van der Waals surface area contributed by atoms with Gasteiger partial charge in [0.15, 0.2) is 0 Å². The van der Waals surface area contributed by atoms with Crippen LogP contribution >= 0.6 is 0 Å². The van der Waals surface area contributed by atoms with Crippen molar-refractivity contribution in [2.24, 2.45) is 5.41 Å². The second-order valence-electron chi connectivity index (χ2n) is 2.81. The Balaban J connectivity index is 0.000000371. The minimum Gasteiger partial charge on any atom is -0.210 e. The van der Waals surface area contributed by atoms with Crippen molar-refractivity contribution in [2.75, 3.05) is 0 Å². The first kappa shape index (κ1) is 9.86. The van der Waals surface area contributed by atoms with Crippen molar-refractivity contribution in [3.63, 3.8) is 0 Å². The summed E-state index contributed by atoms with van der Waals surface area (Å²) in [5.74, 6) is 0. The molecule has 1 saturated carbocycles. The molecular formula is C8H16F2. The molecule has 0 N–H and O–H groups in total. The number of halogens is 2. The number of hydrogen-bond acceptors (Lipinski definition) is 0. The second-order valence-corrected chi connectivity index (χ2v) is 2.81. The summed E-state index contributed by atoms with van der Waals surface area (Å²) < 4.78 is 23.7. The highest BCUT2D eigenvalue weighted by molar-refractivity contribution is 4.85. The fourth-order valence-electron chi connectivity index (χ4n) is 0.953. The summed E-state index contributed by atoms with van der Waals surface area (Å²) in [5.41, 5.74) is -0.611. The minimum atomic E-state index is -2.10. The van der Waals surface area contributed by atoms with E-state index in [4.69, 9.17) is 0 Å². The van der Waals surface area contributed by atoms with Crippen LogP contribution in [0.3, 0.4) is 0 Å². The van der Waals surface area contributed by atoms with Gasteiger partial charge in [-0.3, -0.25) is 0 Å². The van der Waals surface area contributed by atoms with E-state index in [1.54, 1.807) is 6.92 Å². The summed E-state index contributed by atoms with van der Waals surface area (Å²) in [6.45, 7) is 5.65. The molecule has 0 bridgehead atoms. The number of rotatable bonds is 1. The van der Waals surface area contributed by atoms with Gasteiger partial charge in [0.25, 0.3) is 0 Å². The molecule has 0 amide bonds. The summed E-state index contributed by atoms with van der Waals surface area (Å²) in [5, 5.41) is 0. The lowest BCUT2D eigenvalue weighted by Gasteiger charge is -2.37. The molecule has 1 fully saturated rings. The van der Waals surface area contributed by atoms with E-state index >= 15 is 0 Å². The molecule has 0 heterocycles. The van der Waals surface area contributed by atoms with E-state index in [1.807, 2.05) is 13.8 Å². The Hall–Kier alpha value is -0.140. The maximum atomic E-state index is 11.9. The normalized spacial score (nSPS) is 21.0. The van der Waals surface area contributed by atoms with Crippen LogP contribution in [0.2, 0.25) is 0 Å². The van der Waals surface area contributed by atoms with Gasteiger partial charge in [0, 0.05) is 5.41 Å². The molecule has 0 atom stereocenters. The Bertz CT molecular complexity index is 85.3. The van der Waals surface area contributed by atoms with Crippen molar-refractivity contribution in [1.29, 1.82) is 0 Å². The molecule has 0 spiro atoms. The van der Waals surface area contributed by atoms with Gasteiger partial charge in [0.05, 0.1) is 0 Å². The van der Waals surface area contributed by atoms with Gasteiger partial charge < -0.3 is 0 Å². The SMILES string of the molecule is CC.CC1(C(F)F)CCC1. The van der Waals surface area contributed by atoms with Gasteiger partial charge in [-0.25, -0.2) is 8.78 Å². The van der Waals surface area contributed by atoms with Crippen molar-refractivity contribution in [2.45, 2.75) is 46.5 Å². The molecule has 0 nitrogen and oxygen atoms in total. The lowest BCUT2D eigenvalue weighted by Crippen LogP contribution is -2.33. The number of hydrogen-bond donors (Lipinski definition) is 0. The third kappa shape index (κ3) is 1.93. The molecule has 0 saturated heterocycles. The molecule has 0 aromatic heterocycles. The molecule has 0 aliphatic heterocycles. The molecular weight excluding hydrogens is 134 g/mol. The highest BCUT2D eigenvalue weighted by Crippen LogP contribution is 2.44. The van der Waals surface area contributed by atoms with E-state index in [1.165, 1.54) is 0 Å². The van der Waals surface area contributed by atoms with E-state index < -0.39 is 11.8 Å². The molecule has 0 aromatic carbocycles. The zero-order chi connectivity index (χ0) is 8.20. The second kappa shape index (κ2) is 3.89. The quantitative estimate of drug-likeness (QED) is 0.537. The molecule has 0 aromatic rings. The van der Waals surface area contributed by atoms with E-state index in [0.717, 1.165) is 6.42 Å². The van der Waals surface area contributed by atoms with E-state index in [9.17, 15) is 8.78 Å². The molecule has 1 aliphatic carbocycles. The van der Waals surface area contributed by atoms with Crippen LogP contribution in [-0.2, 0) is 0 Å². The summed E-state index contributed by atoms with van der Waals surface area (Å²) in [4.78, 5) is 0. The van der Waals surface area contributed by atoms with Crippen molar-refractivity contribution >= 4 is 0 Å². The Morgan fingerprint density at radius 1 is 1.20 bits per heavy atom. The van der Waals surface area contributed by atoms with Crippen LogP contribution in [0.15, 0.2) is 0 Å². The summed E-state index contributed by atoms with van der Waals surface area (Å²) >= 11 is 0. The minimum absolute atomic E-state index is 0.611. The third-order valence-electron chi connectivity index (χ3n) is 2.02. The molecule has 2 heteroatoms. The van der Waals surface area contributed by atoms with E-state index in [0.29, 0.717) is 12.8 Å². The maximum Gasteiger partial charge on any atom is 0.243 e. The van der Waals surface area contributed by atoms with Gasteiger partial charge in [-0.15, -0.1) is 0 Å². The van der Waals surface area contributed by atoms with E-state index in [-0.39, 0.29) is 0 Å². The lowest BCUT2D eigenvalue weighted by molar-refractivity contribution is -0.0459. The fourth-order valence-corrected chi connectivity index (χ4v) is 0.953. The van der Waals surface area contributed by atoms with Crippen LogP contribution in [0, 0.1) is 5.41 Å². The Labute approximate surface area is 61.6 Å². The van der Waals surface area contributed by atoms with Gasteiger partial charge >= 0.3 is 0 Å². The topological polar surface area (TPSA) is 0 Å². The monoisotopic (exact) mass is 150 g/mol. The highest BCUT2D eigenvalue weighted by atomic mass is 19.3. The number of alkyl halides is 2. The van der Waals surface area contributed by atoms with Crippen molar-refractivity contribution in [3.8, 4) is 0 Å². The average Bonchev–Trinajstić information content (AvgIpc) is 1.87. The molecule has 10 heavy (non-hydrogen) atoms. The van der Waals surface area contributed by atoms with Gasteiger partial charge in [0.1, 0.15) is 0 Å². The lowest BCUT2D eigenvalue weighted by atomic mass is 9.71. The molecule has 1 aliphatic rings. The van der Waals surface area contributed by atoms with Gasteiger partial charge in [-0.1, -0.05) is 27.2 Å². The molecule has 0 radical (unpaired) electrons. The van der Waals surface area contributed by atoms with Crippen LogP contribution in [0.5, 0.6) is 0 Å². The van der Waals surface area contributed by atoms with Crippen LogP contribution in [0.1, 0.15) is 40.0 Å². The maximum absolute atomic E-state index is 11.9. The predicted molar refractivity (Wildman–Crippen MR) is 39.3 cm³/mol. The van der Waals surface area contributed by atoms with Crippen LogP contribution in [0.4, 0.5) is 8.78 Å². The zero-order valence-corrected chi connectivity index (χ0v) is 6.95. The van der Waals surface area contributed by atoms with Gasteiger partial charge in [0.2, 0.25) is 6.43 Å². The first-order valence-corrected chi connectivity index (χ1v) is 3.93. The largest absolute Gasteiger partial charge is 0.243 e. The van der Waals surface area contributed by atoms with Crippen LogP contribution in [0.25, 0.3) is 0 Å². The van der Waals surface area contributed by atoms with Crippen molar-refractivity contribution in [1.82, 2.24) is 0 Å². The fraction of sp³-hybridized carbons (Fsp3) is 1.00. The predicted octanol–water partition coefficient (Wildman–Crippen LogP) is 3.47. The smallest absolute Gasteiger partial charge is 0.210 e. The van der Waals surface area contributed by atoms with Crippen LogP contribution < -0.4 is 0 Å². The van der Waals surface area contributed by atoms with Crippen molar-refractivity contribution in [3.05, 3.63) is 0 Å². The summed E-state index contributed by atoms with van der Waals surface area (Å²) in [6.07, 6.45) is 0.312. The summed E-state index contributed by atoms with van der Waals surface area (Å²) in [7, 11) is 0. The average molecular weight is 150 g/mol. The first-order chi connectivity index (χ1) is 4.65. The standard InChI is InChI=1S/C6H10F2.C2H6/c1-6(5(7)8)3-2-4-6;1-2/h5H,2-4H2,1H3;1-2H3.